The van der Waals surface area contributed by atoms with Crippen LogP contribution in [0.25, 0.3) is 0 Å². The Morgan fingerprint density at radius 3 is 1.73 bits per heavy atom. The molecular weight excluding hydrogens is 376 g/mol. The summed E-state index contributed by atoms with van der Waals surface area (Å²) in [5, 5.41) is 5.71. The fourth-order valence-electron chi connectivity index (χ4n) is 3.52. The average Bonchev–Trinajstić information content (AvgIpc) is 3.29. The molecule has 0 radical (unpaired) electrons. The number of hydrogen-bond acceptors (Lipinski definition) is 3. The summed E-state index contributed by atoms with van der Waals surface area (Å²) in [6.45, 7) is 0. The van der Waals surface area contributed by atoms with Gasteiger partial charge in [-0.05, 0) is 86.3 Å². The lowest BCUT2D eigenvalue weighted by Crippen LogP contribution is -2.14. The zero-order valence-corrected chi connectivity index (χ0v) is 16.6. The fourth-order valence-corrected chi connectivity index (χ4v) is 3.52. The number of benzene rings is 3. The molecule has 3 aromatic carbocycles. The maximum absolute atomic E-state index is 12.5. The number of carbonyl (C=O) groups is 2. The quantitative estimate of drug-likeness (QED) is 0.573. The van der Waals surface area contributed by atoms with Crippen LogP contribution in [0.2, 0.25) is 0 Å². The molecule has 5 nitrogen and oxygen atoms in total. The normalized spacial score (nSPS) is 13.6. The summed E-state index contributed by atoms with van der Waals surface area (Å²) in [4.78, 5) is 24.7. The van der Waals surface area contributed by atoms with E-state index in [1.165, 1.54) is 12.8 Å². The average molecular weight is 400 g/mol. The predicted molar refractivity (Wildman–Crippen MR) is 118 cm³/mol. The molecule has 3 aromatic rings. The van der Waals surface area contributed by atoms with E-state index in [4.69, 9.17) is 4.74 Å². The molecule has 0 saturated heterocycles. The van der Waals surface area contributed by atoms with Crippen molar-refractivity contribution >= 4 is 23.2 Å². The molecule has 30 heavy (non-hydrogen) atoms. The lowest BCUT2D eigenvalue weighted by atomic mass is 10.1. The molecule has 1 aliphatic rings. The van der Waals surface area contributed by atoms with Gasteiger partial charge in [0.1, 0.15) is 5.75 Å². The predicted octanol–water partition coefficient (Wildman–Crippen LogP) is 5.51. The molecule has 0 spiro atoms. The van der Waals surface area contributed by atoms with E-state index < -0.39 is 0 Å². The second-order valence-electron chi connectivity index (χ2n) is 7.40. The maximum Gasteiger partial charge on any atom is 0.255 e. The van der Waals surface area contributed by atoms with Crippen LogP contribution in [0.15, 0.2) is 78.9 Å². The monoisotopic (exact) mass is 400 g/mol. The zero-order chi connectivity index (χ0) is 20.8. The van der Waals surface area contributed by atoms with Gasteiger partial charge in [-0.15, -0.1) is 0 Å². The van der Waals surface area contributed by atoms with Gasteiger partial charge in [0.25, 0.3) is 11.8 Å². The summed E-state index contributed by atoms with van der Waals surface area (Å²) < 4.78 is 5.95. The second-order valence-corrected chi connectivity index (χ2v) is 7.40. The Hall–Kier alpha value is -3.60. The van der Waals surface area contributed by atoms with E-state index in [2.05, 4.69) is 10.6 Å². The summed E-state index contributed by atoms with van der Waals surface area (Å²) in [6, 6.07) is 23.3. The van der Waals surface area contributed by atoms with Crippen molar-refractivity contribution < 1.29 is 14.3 Å². The number of anilines is 2. The Morgan fingerprint density at radius 1 is 0.667 bits per heavy atom. The molecule has 0 aliphatic heterocycles. The lowest BCUT2D eigenvalue weighted by molar-refractivity contribution is 0.102. The van der Waals surface area contributed by atoms with Gasteiger partial charge in [-0.1, -0.05) is 18.2 Å². The van der Waals surface area contributed by atoms with E-state index >= 15 is 0 Å². The number of amides is 2. The highest BCUT2D eigenvalue weighted by atomic mass is 16.5. The molecule has 1 aliphatic carbocycles. The molecular formula is C25H24N2O3. The van der Waals surface area contributed by atoms with Crippen molar-refractivity contribution in [1.29, 1.82) is 0 Å². The first kappa shape index (κ1) is 19.7. The molecule has 1 saturated carbocycles. The third-order valence-corrected chi connectivity index (χ3v) is 5.16. The van der Waals surface area contributed by atoms with Gasteiger partial charge >= 0.3 is 0 Å². The first-order valence-corrected chi connectivity index (χ1v) is 10.2. The first-order valence-electron chi connectivity index (χ1n) is 10.2. The highest BCUT2D eigenvalue weighted by Gasteiger charge is 2.16. The topological polar surface area (TPSA) is 67.4 Å². The Kier molecular flexibility index (Phi) is 6.09. The Bertz CT molecular complexity index is 993. The van der Waals surface area contributed by atoms with Crippen LogP contribution >= 0.6 is 0 Å². The molecule has 2 amide bonds. The Morgan fingerprint density at radius 2 is 1.17 bits per heavy atom. The van der Waals surface area contributed by atoms with Gasteiger partial charge < -0.3 is 15.4 Å². The van der Waals surface area contributed by atoms with Crippen molar-refractivity contribution in [2.24, 2.45) is 0 Å². The van der Waals surface area contributed by atoms with Gasteiger partial charge in [0.15, 0.2) is 0 Å². The van der Waals surface area contributed by atoms with Gasteiger partial charge in [0, 0.05) is 22.5 Å². The highest BCUT2D eigenvalue weighted by Crippen LogP contribution is 2.25. The summed E-state index contributed by atoms with van der Waals surface area (Å²) in [6.07, 6.45) is 4.99. The maximum atomic E-state index is 12.5. The van der Waals surface area contributed by atoms with Crippen molar-refractivity contribution in [2.45, 2.75) is 31.8 Å². The summed E-state index contributed by atoms with van der Waals surface area (Å²) in [7, 11) is 0. The minimum atomic E-state index is -0.208. The summed E-state index contributed by atoms with van der Waals surface area (Å²) in [5.74, 6) is 0.437. The van der Waals surface area contributed by atoms with E-state index in [1.54, 1.807) is 36.4 Å². The number of ether oxygens (including phenoxy) is 1. The third-order valence-electron chi connectivity index (χ3n) is 5.16. The van der Waals surface area contributed by atoms with Crippen LogP contribution in [0.3, 0.4) is 0 Å². The molecule has 2 N–H and O–H groups in total. The molecule has 5 heteroatoms. The smallest absolute Gasteiger partial charge is 0.255 e. The molecule has 0 unspecified atom stereocenters. The van der Waals surface area contributed by atoms with Crippen molar-refractivity contribution in [2.75, 3.05) is 10.6 Å². The SMILES string of the molecule is O=C(Nc1ccc(C(=O)Nc2ccc(OC3CCCC3)cc2)cc1)c1ccccc1. The van der Waals surface area contributed by atoms with E-state index in [9.17, 15) is 9.59 Å². The van der Waals surface area contributed by atoms with Crippen molar-refractivity contribution in [3.63, 3.8) is 0 Å². The zero-order valence-electron chi connectivity index (χ0n) is 16.6. The van der Waals surface area contributed by atoms with Crippen LogP contribution < -0.4 is 15.4 Å². The minimum absolute atomic E-state index is 0.187. The first-order chi connectivity index (χ1) is 14.7. The molecule has 0 bridgehead atoms. The van der Waals surface area contributed by atoms with Crippen LogP contribution in [0, 0.1) is 0 Å². The van der Waals surface area contributed by atoms with Crippen molar-refractivity contribution in [3.8, 4) is 5.75 Å². The number of carbonyl (C=O) groups excluding carboxylic acids is 2. The molecule has 0 atom stereocenters. The number of rotatable bonds is 6. The Balaban J connectivity index is 1.32. The van der Waals surface area contributed by atoms with Gasteiger partial charge in [-0.3, -0.25) is 9.59 Å². The fraction of sp³-hybridized carbons (Fsp3) is 0.200. The second kappa shape index (κ2) is 9.27. The largest absolute Gasteiger partial charge is 0.490 e. The van der Waals surface area contributed by atoms with Crippen LogP contribution in [0.5, 0.6) is 5.75 Å². The molecule has 1 fully saturated rings. The molecule has 0 heterocycles. The van der Waals surface area contributed by atoms with E-state index in [0.29, 0.717) is 28.6 Å². The van der Waals surface area contributed by atoms with Crippen LogP contribution in [-0.4, -0.2) is 17.9 Å². The van der Waals surface area contributed by atoms with Crippen LogP contribution in [0.1, 0.15) is 46.4 Å². The molecule has 4 rings (SSSR count). The van der Waals surface area contributed by atoms with Gasteiger partial charge in [0.2, 0.25) is 0 Å². The molecule has 152 valence electrons. The van der Waals surface area contributed by atoms with Gasteiger partial charge in [-0.25, -0.2) is 0 Å². The van der Waals surface area contributed by atoms with Crippen molar-refractivity contribution in [1.82, 2.24) is 0 Å². The highest BCUT2D eigenvalue weighted by molar-refractivity contribution is 6.06. The minimum Gasteiger partial charge on any atom is -0.490 e. The Labute approximate surface area is 176 Å². The summed E-state index contributed by atoms with van der Waals surface area (Å²) >= 11 is 0. The van der Waals surface area contributed by atoms with Gasteiger partial charge in [-0.2, -0.15) is 0 Å². The number of nitrogens with one attached hydrogen (secondary N) is 2. The number of hydrogen-bond donors (Lipinski definition) is 2. The van der Waals surface area contributed by atoms with E-state index in [1.807, 2.05) is 42.5 Å². The third kappa shape index (κ3) is 5.06. The van der Waals surface area contributed by atoms with E-state index in [-0.39, 0.29) is 11.8 Å². The van der Waals surface area contributed by atoms with E-state index in [0.717, 1.165) is 18.6 Å². The van der Waals surface area contributed by atoms with Crippen LogP contribution in [0.4, 0.5) is 11.4 Å². The standard InChI is InChI=1S/C25H24N2O3/c28-24(18-6-2-1-3-7-18)26-20-12-10-19(11-13-20)25(29)27-21-14-16-23(17-15-21)30-22-8-4-5-9-22/h1-3,6-7,10-17,22H,4-5,8-9H2,(H,26,28)(H,27,29). The lowest BCUT2D eigenvalue weighted by Gasteiger charge is -2.13. The summed E-state index contributed by atoms with van der Waals surface area (Å²) in [5.41, 5.74) is 2.44. The van der Waals surface area contributed by atoms with Crippen molar-refractivity contribution in [3.05, 3.63) is 90.0 Å². The van der Waals surface area contributed by atoms with Gasteiger partial charge in [0.05, 0.1) is 6.10 Å². The van der Waals surface area contributed by atoms with Crippen LogP contribution in [-0.2, 0) is 0 Å². The molecule has 0 aromatic heterocycles.